The van der Waals surface area contributed by atoms with Crippen LogP contribution in [0.5, 0.6) is 0 Å². The van der Waals surface area contributed by atoms with Crippen molar-refractivity contribution in [3.05, 3.63) is 17.5 Å². The summed E-state index contributed by atoms with van der Waals surface area (Å²) in [5, 5.41) is 14.5. The standard InChI is InChI=1S/C14H23N3O3/c1-9-6-11(16(5)15-9)10-7-17(8-12(10)18)13(19)20-14(2,3)4/h6,10,12,18H,7-8H2,1-5H3/t10-,12+/m0/s1. The Labute approximate surface area is 119 Å². The molecule has 6 nitrogen and oxygen atoms in total. The molecular weight excluding hydrogens is 258 g/mol. The second-order valence-electron chi connectivity index (χ2n) is 6.39. The molecule has 1 aliphatic heterocycles. The number of ether oxygens (including phenoxy) is 1. The lowest BCUT2D eigenvalue weighted by Crippen LogP contribution is -2.35. The molecule has 20 heavy (non-hydrogen) atoms. The Morgan fingerprint density at radius 3 is 2.60 bits per heavy atom. The molecule has 0 saturated carbocycles. The quantitative estimate of drug-likeness (QED) is 0.845. The SMILES string of the molecule is Cc1cc([C@@H]2CN(C(=O)OC(C)(C)C)C[C@H]2O)n(C)n1. The Morgan fingerprint density at radius 2 is 2.10 bits per heavy atom. The highest BCUT2D eigenvalue weighted by molar-refractivity contribution is 5.68. The Kier molecular flexibility index (Phi) is 3.77. The number of aromatic nitrogens is 2. The van der Waals surface area contributed by atoms with Crippen LogP contribution in [-0.4, -0.2) is 50.7 Å². The van der Waals surface area contributed by atoms with E-state index >= 15 is 0 Å². The van der Waals surface area contributed by atoms with Crippen LogP contribution in [0.25, 0.3) is 0 Å². The zero-order valence-corrected chi connectivity index (χ0v) is 12.8. The molecule has 0 aliphatic carbocycles. The van der Waals surface area contributed by atoms with Crippen molar-refractivity contribution in [3.8, 4) is 0 Å². The first-order valence-electron chi connectivity index (χ1n) is 6.84. The minimum Gasteiger partial charge on any atom is -0.444 e. The maximum Gasteiger partial charge on any atom is 0.410 e. The summed E-state index contributed by atoms with van der Waals surface area (Å²) in [6, 6.07) is 1.95. The van der Waals surface area contributed by atoms with Gasteiger partial charge in [-0.2, -0.15) is 5.10 Å². The molecule has 1 saturated heterocycles. The number of aryl methyl sites for hydroxylation is 2. The van der Waals surface area contributed by atoms with Gasteiger partial charge in [0.15, 0.2) is 0 Å². The summed E-state index contributed by atoms with van der Waals surface area (Å²) in [6.07, 6.45) is -0.963. The van der Waals surface area contributed by atoms with Gasteiger partial charge in [0.2, 0.25) is 0 Å². The Bertz CT molecular complexity index is 504. The third kappa shape index (κ3) is 3.12. The van der Waals surface area contributed by atoms with Crippen LogP contribution in [0.1, 0.15) is 38.1 Å². The maximum atomic E-state index is 12.0. The van der Waals surface area contributed by atoms with Crippen molar-refractivity contribution >= 4 is 6.09 Å². The van der Waals surface area contributed by atoms with Crippen LogP contribution >= 0.6 is 0 Å². The molecule has 1 fully saturated rings. The van der Waals surface area contributed by atoms with Gasteiger partial charge in [0.1, 0.15) is 5.60 Å². The number of carbonyl (C=O) groups excluding carboxylic acids is 1. The smallest absolute Gasteiger partial charge is 0.410 e. The molecule has 1 amide bonds. The molecule has 2 rings (SSSR count). The van der Waals surface area contributed by atoms with E-state index < -0.39 is 11.7 Å². The first kappa shape index (κ1) is 14.8. The van der Waals surface area contributed by atoms with E-state index in [4.69, 9.17) is 4.74 Å². The minimum absolute atomic E-state index is 0.117. The van der Waals surface area contributed by atoms with Crippen LogP contribution < -0.4 is 0 Å². The Hall–Kier alpha value is -1.56. The molecule has 0 unspecified atom stereocenters. The predicted octanol–water partition coefficient (Wildman–Crippen LogP) is 1.42. The third-order valence-corrected chi connectivity index (χ3v) is 3.36. The predicted molar refractivity (Wildman–Crippen MR) is 74.5 cm³/mol. The number of amides is 1. The molecule has 2 atom stereocenters. The summed E-state index contributed by atoms with van der Waals surface area (Å²) in [7, 11) is 1.85. The summed E-state index contributed by atoms with van der Waals surface area (Å²) in [4.78, 5) is 13.6. The molecule has 1 N–H and O–H groups in total. The van der Waals surface area contributed by atoms with Crippen molar-refractivity contribution in [1.29, 1.82) is 0 Å². The summed E-state index contributed by atoms with van der Waals surface area (Å²) in [5.41, 5.74) is 1.33. The van der Waals surface area contributed by atoms with Crippen LogP contribution in [0.4, 0.5) is 4.79 Å². The van der Waals surface area contributed by atoms with Gasteiger partial charge < -0.3 is 14.7 Å². The maximum absolute atomic E-state index is 12.0. The van der Waals surface area contributed by atoms with Gasteiger partial charge in [-0.25, -0.2) is 4.79 Å². The lowest BCUT2D eigenvalue weighted by molar-refractivity contribution is 0.0270. The fourth-order valence-electron chi connectivity index (χ4n) is 2.53. The van der Waals surface area contributed by atoms with E-state index in [1.165, 1.54) is 0 Å². The van der Waals surface area contributed by atoms with Crippen molar-refractivity contribution in [2.45, 2.75) is 45.3 Å². The molecule has 0 bridgehead atoms. The van der Waals surface area contributed by atoms with Gasteiger partial charge in [-0.15, -0.1) is 0 Å². The van der Waals surface area contributed by atoms with Crippen LogP contribution in [0.15, 0.2) is 6.07 Å². The zero-order valence-electron chi connectivity index (χ0n) is 12.8. The fraction of sp³-hybridized carbons (Fsp3) is 0.714. The van der Waals surface area contributed by atoms with Crippen LogP contribution in [0.3, 0.4) is 0 Å². The average Bonchev–Trinajstić information content (AvgIpc) is 2.79. The number of aliphatic hydroxyl groups excluding tert-OH is 1. The van der Waals surface area contributed by atoms with Crippen LogP contribution in [0.2, 0.25) is 0 Å². The molecule has 0 aromatic carbocycles. The number of likely N-dealkylation sites (tertiary alicyclic amines) is 1. The highest BCUT2D eigenvalue weighted by Crippen LogP contribution is 2.28. The number of β-amino-alcohol motifs (C(OH)–C–C–N with tert-alkyl or cyclic N) is 1. The normalized spacial score (nSPS) is 23.2. The lowest BCUT2D eigenvalue weighted by Gasteiger charge is -2.24. The van der Waals surface area contributed by atoms with Gasteiger partial charge in [0, 0.05) is 25.2 Å². The largest absolute Gasteiger partial charge is 0.444 e. The number of hydrogen-bond donors (Lipinski definition) is 1. The Morgan fingerprint density at radius 1 is 1.45 bits per heavy atom. The number of aliphatic hydroxyl groups is 1. The van der Waals surface area contributed by atoms with Gasteiger partial charge >= 0.3 is 6.09 Å². The first-order chi connectivity index (χ1) is 9.17. The van der Waals surface area contributed by atoms with E-state index in [9.17, 15) is 9.90 Å². The van der Waals surface area contributed by atoms with E-state index in [0.29, 0.717) is 13.1 Å². The summed E-state index contributed by atoms with van der Waals surface area (Å²) < 4.78 is 7.11. The van der Waals surface area contributed by atoms with Crippen LogP contribution in [0, 0.1) is 6.92 Å². The van der Waals surface area contributed by atoms with Crippen molar-refractivity contribution in [3.63, 3.8) is 0 Å². The molecule has 6 heteroatoms. The average molecular weight is 281 g/mol. The second kappa shape index (κ2) is 5.09. The van der Waals surface area contributed by atoms with Gasteiger partial charge in [-0.05, 0) is 33.8 Å². The number of carbonyl (C=O) groups is 1. The van der Waals surface area contributed by atoms with Gasteiger partial charge in [0.25, 0.3) is 0 Å². The molecule has 1 aromatic rings. The molecule has 2 heterocycles. The van der Waals surface area contributed by atoms with Crippen molar-refractivity contribution < 1.29 is 14.6 Å². The van der Waals surface area contributed by atoms with Crippen molar-refractivity contribution in [2.75, 3.05) is 13.1 Å². The lowest BCUT2D eigenvalue weighted by atomic mass is 10.0. The molecule has 0 spiro atoms. The summed E-state index contributed by atoms with van der Waals surface area (Å²) in [6.45, 7) is 8.16. The third-order valence-electron chi connectivity index (χ3n) is 3.36. The van der Waals surface area contributed by atoms with E-state index in [0.717, 1.165) is 11.4 Å². The number of hydrogen-bond acceptors (Lipinski definition) is 4. The van der Waals surface area contributed by atoms with E-state index in [1.54, 1.807) is 9.58 Å². The Balaban J connectivity index is 2.09. The molecule has 0 radical (unpaired) electrons. The number of nitrogens with zero attached hydrogens (tertiary/aromatic N) is 3. The molecule has 1 aromatic heterocycles. The molecular formula is C14H23N3O3. The van der Waals surface area contributed by atoms with Gasteiger partial charge in [-0.3, -0.25) is 4.68 Å². The highest BCUT2D eigenvalue weighted by atomic mass is 16.6. The second-order valence-corrected chi connectivity index (χ2v) is 6.39. The van der Waals surface area contributed by atoms with Crippen molar-refractivity contribution in [1.82, 2.24) is 14.7 Å². The first-order valence-corrected chi connectivity index (χ1v) is 6.84. The fourth-order valence-corrected chi connectivity index (χ4v) is 2.53. The minimum atomic E-state index is -0.586. The molecule has 112 valence electrons. The van der Waals surface area contributed by atoms with Gasteiger partial charge in [0.05, 0.1) is 18.3 Å². The van der Waals surface area contributed by atoms with E-state index in [-0.39, 0.29) is 12.0 Å². The highest BCUT2D eigenvalue weighted by Gasteiger charge is 2.38. The van der Waals surface area contributed by atoms with Crippen LogP contribution in [-0.2, 0) is 11.8 Å². The van der Waals surface area contributed by atoms with Crippen molar-refractivity contribution in [2.24, 2.45) is 7.05 Å². The van der Waals surface area contributed by atoms with E-state index in [2.05, 4.69) is 5.10 Å². The number of rotatable bonds is 1. The topological polar surface area (TPSA) is 67.6 Å². The summed E-state index contributed by atoms with van der Waals surface area (Å²) >= 11 is 0. The summed E-state index contributed by atoms with van der Waals surface area (Å²) in [5.74, 6) is -0.117. The van der Waals surface area contributed by atoms with Gasteiger partial charge in [-0.1, -0.05) is 0 Å². The molecule has 1 aliphatic rings. The monoisotopic (exact) mass is 281 g/mol. The van der Waals surface area contributed by atoms with E-state index in [1.807, 2.05) is 40.8 Å². The zero-order chi connectivity index (χ0) is 15.1.